The molecule has 0 saturated heterocycles. The molecule has 1 aromatic rings. The van der Waals surface area contributed by atoms with Gasteiger partial charge in [-0.2, -0.15) is 0 Å². The minimum atomic E-state index is -0.479. The minimum absolute atomic E-state index is 0.0354. The maximum Gasteiger partial charge on any atom is 0.213 e. The van der Waals surface area contributed by atoms with E-state index in [4.69, 9.17) is 22.5 Å². The SMILES string of the molecule is NC(=NCc1ccc(F)c(Cl)c1)NO. The molecular weight excluding hydrogens is 209 g/mol. The Morgan fingerprint density at radius 1 is 1.64 bits per heavy atom. The summed E-state index contributed by atoms with van der Waals surface area (Å²) in [5, 5.41) is 8.36. The molecule has 0 radical (unpaired) electrons. The van der Waals surface area contributed by atoms with E-state index in [9.17, 15) is 4.39 Å². The van der Waals surface area contributed by atoms with Gasteiger partial charge in [0.05, 0.1) is 11.6 Å². The van der Waals surface area contributed by atoms with Gasteiger partial charge in [-0.05, 0) is 17.7 Å². The molecule has 0 fully saturated rings. The minimum Gasteiger partial charge on any atom is -0.368 e. The first-order valence-electron chi connectivity index (χ1n) is 3.77. The van der Waals surface area contributed by atoms with Gasteiger partial charge in [0.2, 0.25) is 5.96 Å². The summed E-state index contributed by atoms with van der Waals surface area (Å²) >= 11 is 5.54. The standard InChI is InChI=1S/C8H9ClFN3O/c9-6-3-5(1-2-7(6)10)4-12-8(11)13-14/h1-3,14H,4H2,(H3,11,12,13). The van der Waals surface area contributed by atoms with Gasteiger partial charge in [-0.3, -0.25) is 5.21 Å². The molecule has 1 aromatic carbocycles. The highest BCUT2D eigenvalue weighted by Crippen LogP contribution is 2.16. The molecule has 0 aliphatic heterocycles. The average molecular weight is 218 g/mol. The molecule has 4 N–H and O–H groups in total. The van der Waals surface area contributed by atoms with E-state index < -0.39 is 5.82 Å². The fraction of sp³-hybridized carbons (Fsp3) is 0.125. The van der Waals surface area contributed by atoms with E-state index in [-0.39, 0.29) is 17.5 Å². The highest BCUT2D eigenvalue weighted by molar-refractivity contribution is 6.30. The van der Waals surface area contributed by atoms with Gasteiger partial charge in [-0.15, -0.1) is 0 Å². The van der Waals surface area contributed by atoms with Crippen molar-refractivity contribution in [2.75, 3.05) is 0 Å². The van der Waals surface area contributed by atoms with Crippen LogP contribution in [0.4, 0.5) is 4.39 Å². The quantitative estimate of drug-likeness (QED) is 0.397. The van der Waals surface area contributed by atoms with Crippen LogP contribution in [-0.4, -0.2) is 11.2 Å². The van der Waals surface area contributed by atoms with Crippen LogP contribution in [0, 0.1) is 5.82 Å². The molecule has 0 saturated carbocycles. The van der Waals surface area contributed by atoms with Crippen LogP contribution in [0.25, 0.3) is 0 Å². The molecule has 0 aliphatic rings. The molecular formula is C8H9ClFN3O. The van der Waals surface area contributed by atoms with Gasteiger partial charge in [-0.25, -0.2) is 14.9 Å². The van der Waals surface area contributed by atoms with Crippen LogP contribution in [0.1, 0.15) is 5.56 Å². The zero-order chi connectivity index (χ0) is 10.6. The molecule has 14 heavy (non-hydrogen) atoms. The Morgan fingerprint density at radius 3 is 2.93 bits per heavy atom. The molecule has 76 valence electrons. The number of nitrogens with zero attached hydrogens (tertiary/aromatic N) is 1. The number of rotatable bonds is 2. The maximum absolute atomic E-state index is 12.7. The smallest absolute Gasteiger partial charge is 0.213 e. The first-order valence-corrected chi connectivity index (χ1v) is 4.15. The molecule has 1 rings (SSSR count). The third-order valence-corrected chi connectivity index (χ3v) is 1.82. The van der Waals surface area contributed by atoms with Gasteiger partial charge in [-0.1, -0.05) is 17.7 Å². The van der Waals surface area contributed by atoms with E-state index in [0.29, 0.717) is 5.56 Å². The van der Waals surface area contributed by atoms with Crippen LogP contribution in [0.3, 0.4) is 0 Å². The molecule has 0 spiro atoms. The molecule has 0 heterocycles. The van der Waals surface area contributed by atoms with Gasteiger partial charge in [0.15, 0.2) is 0 Å². The Hall–Kier alpha value is -1.33. The lowest BCUT2D eigenvalue weighted by Crippen LogP contribution is -2.28. The normalized spacial score (nSPS) is 11.5. The predicted molar refractivity (Wildman–Crippen MR) is 51.7 cm³/mol. The molecule has 0 amide bonds. The fourth-order valence-corrected chi connectivity index (χ4v) is 1.05. The molecule has 0 unspecified atom stereocenters. The summed E-state index contributed by atoms with van der Waals surface area (Å²) in [6.07, 6.45) is 0. The molecule has 0 bridgehead atoms. The third kappa shape index (κ3) is 2.86. The highest BCUT2D eigenvalue weighted by atomic mass is 35.5. The summed E-state index contributed by atoms with van der Waals surface area (Å²) in [4.78, 5) is 3.74. The molecule has 0 aromatic heterocycles. The van der Waals surface area contributed by atoms with Crippen molar-refractivity contribution in [2.24, 2.45) is 10.7 Å². The van der Waals surface area contributed by atoms with Gasteiger partial charge < -0.3 is 5.73 Å². The van der Waals surface area contributed by atoms with Gasteiger partial charge in [0.25, 0.3) is 0 Å². The highest BCUT2D eigenvalue weighted by Gasteiger charge is 2.00. The lowest BCUT2D eigenvalue weighted by atomic mass is 10.2. The summed E-state index contributed by atoms with van der Waals surface area (Å²) in [7, 11) is 0. The number of halogens is 2. The number of aliphatic imine (C=N–C) groups is 1. The van der Waals surface area contributed by atoms with Crippen molar-refractivity contribution >= 4 is 17.6 Å². The second-order valence-corrected chi connectivity index (χ2v) is 2.97. The van der Waals surface area contributed by atoms with E-state index in [1.54, 1.807) is 5.48 Å². The van der Waals surface area contributed by atoms with Crippen LogP contribution in [-0.2, 0) is 6.54 Å². The molecule has 4 nitrogen and oxygen atoms in total. The Bertz CT molecular complexity index is 356. The number of benzene rings is 1. The third-order valence-electron chi connectivity index (χ3n) is 1.53. The molecule has 6 heteroatoms. The van der Waals surface area contributed by atoms with Crippen LogP contribution in [0.15, 0.2) is 23.2 Å². The van der Waals surface area contributed by atoms with Gasteiger partial charge in [0, 0.05) is 0 Å². The summed E-state index contributed by atoms with van der Waals surface area (Å²) in [5.74, 6) is -0.585. The van der Waals surface area contributed by atoms with E-state index >= 15 is 0 Å². The number of nitrogens with one attached hydrogen (secondary N) is 1. The van der Waals surface area contributed by atoms with Crippen molar-refractivity contribution in [3.8, 4) is 0 Å². The Morgan fingerprint density at radius 2 is 2.36 bits per heavy atom. The summed E-state index contributed by atoms with van der Waals surface area (Å²) < 4.78 is 12.7. The van der Waals surface area contributed by atoms with Crippen LogP contribution in [0.5, 0.6) is 0 Å². The first kappa shape index (κ1) is 10.7. The summed E-state index contributed by atoms with van der Waals surface area (Å²) in [5.41, 5.74) is 7.56. The zero-order valence-corrected chi connectivity index (χ0v) is 7.92. The lowest BCUT2D eigenvalue weighted by Gasteiger charge is -2.00. The van der Waals surface area contributed by atoms with Crippen LogP contribution >= 0.6 is 11.6 Å². The molecule has 0 aliphatic carbocycles. The monoisotopic (exact) mass is 217 g/mol. The fourth-order valence-electron chi connectivity index (χ4n) is 0.850. The second-order valence-electron chi connectivity index (χ2n) is 2.56. The Kier molecular flexibility index (Phi) is 3.67. The number of guanidine groups is 1. The number of hydrogen-bond acceptors (Lipinski definition) is 2. The summed E-state index contributed by atoms with van der Waals surface area (Å²) in [6.45, 7) is 0.222. The second kappa shape index (κ2) is 4.78. The number of nitrogens with two attached hydrogens (primary N) is 1. The van der Waals surface area contributed by atoms with Crippen molar-refractivity contribution in [3.63, 3.8) is 0 Å². The van der Waals surface area contributed by atoms with E-state index in [0.717, 1.165) is 0 Å². The maximum atomic E-state index is 12.7. The van der Waals surface area contributed by atoms with Crippen molar-refractivity contribution in [1.82, 2.24) is 5.48 Å². The zero-order valence-electron chi connectivity index (χ0n) is 7.17. The average Bonchev–Trinajstić information content (AvgIpc) is 2.19. The topological polar surface area (TPSA) is 70.6 Å². The van der Waals surface area contributed by atoms with Crippen molar-refractivity contribution < 1.29 is 9.60 Å². The van der Waals surface area contributed by atoms with Crippen molar-refractivity contribution in [1.29, 1.82) is 0 Å². The number of hydrogen-bond donors (Lipinski definition) is 3. The summed E-state index contributed by atoms with van der Waals surface area (Å²) in [6, 6.07) is 4.23. The van der Waals surface area contributed by atoms with E-state index in [2.05, 4.69) is 4.99 Å². The first-order chi connectivity index (χ1) is 6.63. The van der Waals surface area contributed by atoms with Crippen molar-refractivity contribution in [2.45, 2.75) is 6.54 Å². The Balaban J connectivity index is 2.73. The van der Waals surface area contributed by atoms with Gasteiger partial charge >= 0.3 is 0 Å². The van der Waals surface area contributed by atoms with E-state index in [1.807, 2.05) is 0 Å². The van der Waals surface area contributed by atoms with E-state index in [1.165, 1.54) is 18.2 Å². The predicted octanol–water partition coefficient (Wildman–Crippen LogP) is 1.27. The number of hydroxylamine groups is 1. The van der Waals surface area contributed by atoms with Crippen molar-refractivity contribution in [3.05, 3.63) is 34.6 Å². The van der Waals surface area contributed by atoms with Crippen LogP contribution < -0.4 is 11.2 Å². The largest absolute Gasteiger partial charge is 0.368 e. The van der Waals surface area contributed by atoms with Crippen LogP contribution in [0.2, 0.25) is 5.02 Å². The lowest BCUT2D eigenvalue weighted by molar-refractivity contribution is 0.232. The van der Waals surface area contributed by atoms with Gasteiger partial charge in [0.1, 0.15) is 5.82 Å². The molecule has 0 atom stereocenters. The Labute approximate surface area is 85.2 Å².